The normalized spacial score (nSPS) is 18.8. The van der Waals surface area contributed by atoms with E-state index in [1.54, 1.807) is 47.6 Å². The number of benzene rings is 3. The van der Waals surface area contributed by atoms with E-state index >= 15 is 0 Å². The minimum atomic E-state index is -0.684. The molecule has 0 radical (unpaired) electrons. The van der Waals surface area contributed by atoms with Crippen LogP contribution in [0.2, 0.25) is 10.0 Å². The average molecular weight is 544 g/mol. The minimum absolute atomic E-state index is 0.0443. The van der Waals surface area contributed by atoms with Crippen molar-refractivity contribution in [3.63, 3.8) is 0 Å². The summed E-state index contributed by atoms with van der Waals surface area (Å²) >= 11 is 12.3. The molecule has 2 atom stereocenters. The van der Waals surface area contributed by atoms with Crippen molar-refractivity contribution in [1.82, 2.24) is 0 Å². The van der Waals surface area contributed by atoms with Gasteiger partial charge >= 0.3 is 6.03 Å². The third kappa shape index (κ3) is 4.57. The highest BCUT2D eigenvalue weighted by atomic mass is 35.5. The number of carbonyl (C=O) groups excluding carboxylic acids is 2. The SMILES string of the molecule is O=C1C[C@@H](c2ccco2)CC2=C1[C@H](c1ccc(Cl)cc1)N(C(=O)Nc1ccc(Cl)cc1)c1ccccc1N2. The smallest absolute Gasteiger partial charge is 0.327 e. The van der Waals surface area contributed by atoms with Gasteiger partial charge in [-0.2, -0.15) is 0 Å². The Morgan fingerprint density at radius 2 is 1.61 bits per heavy atom. The second-order valence-corrected chi connectivity index (χ2v) is 10.2. The van der Waals surface area contributed by atoms with Gasteiger partial charge in [0.25, 0.3) is 0 Å². The number of Topliss-reactive ketones (excluding diaryl/α,β-unsaturated/α-hetero) is 1. The Morgan fingerprint density at radius 3 is 2.32 bits per heavy atom. The van der Waals surface area contributed by atoms with E-state index in [-0.39, 0.29) is 24.2 Å². The van der Waals surface area contributed by atoms with Gasteiger partial charge in [0.15, 0.2) is 5.78 Å². The van der Waals surface area contributed by atoms with Crippen molar-refractivity contribution < 1.29 is 14.0 Å². The topological polar surface area (TPSA) is 74.6 Å². The summed E-state index contributed by atoms with van der Waals surface area (Å²) in [5.74, 6) is 0.623. The molecule has 2 N–H and O–H groups in total. The van der Waals surface area contributed by atoms with Gasteiger partial charge in [-0.25, -0.2) is 4.79 Å². The fourth-order valence-corrected chi connectivity index (χ4v) is 5.47. The zero-order valence-corrected chi connectivity index (χ0v) is 21.7. The fraction of sp³-hybridized carbons (Fsp3) is 0.133. The molecule has 38 heavy (non-hydrogen) atoms. The lowest BCUT2D eigenvalue weighted by Crippen LogP contribution is -2.41. The number of para-hydroxylation sites is 2. The number of urea groups is 1. The summed E-state index contributed by atoms with van der Waals surface area (Å²) in [6.45, 7) is 0. The number of carbonyl (C=O) groups is 2. The highest BCUT2D eigenvalue weighted by Gasteiger charge is 2.42. The zero-order valence-electron chi connectivity index (χ0n) is 20.2. The Balaban J connectivity index is 1.51. The Bertz CT molecular complexity index is 1530. The molecule has 190 valence electrons. The lowest BCUT2D eigenvalue weighted by atomic mass is 9.80. The van der Waals surface area contributed by atoms with Crippen molar-refractivity contribution in [3.05, 3.63) is 124 Å². The average Bonchev–Trinajstić information content (AvgIpc) is 3.41. The number of hydrogen-bond donors (Lipinski definition) is 2. The quantitative estimate of drug-likeness (QED) is 0.273. The van der Waals surface area contributed by atoms with Crippen molar-refractivity contribution >= 4 is 52.1 Å². The zero-order chi connectivity index (χ0) is 26.2. The van der Waals surface area contributed by atoms with Gasteiger partial charge in [0, 0.05) is 39.3 Å². The molecule has 6 rings (SSSR count). The number of fused-ring (bicyclic) bond motifs is 1. The summed E-state index contributed by atoms with van der Waals surface area (Å²) in [7, 11) is 0. The van der Waals surface area contributed by atoms with Crippen molar-refractivity contribution in [1.29, 1.82) is 0 Å². The molecule has 1 aliphatic carbocycles. The Hall–Kier alpha value is -4.00. The number of nitrogens with one attached hydrogen (secondary N) is 2. The van der Waals surface area contributed by atoms with Gasteiger partial charge in [0.1, 0.15) is 5.76 Å². The molecular weight excluding hydrogens is 521 g/mol. The molecule has 1 aromatic heterocycles. The molecule has 6 nitrogen and oxygen atoms in total. The van der Waals surface area contributed by atoms with Crippen molar-refractivity contribution in [2.45, 2.75) is 24.8 Å². The number of allylic oxidation sites excluding steroid dienone is 1. The lowest BCUT2D eigenvalue weighted by molar-refractivity contribution is -0.116. The number of nitrogens with zero attached hydrogens (tertiary/aromatic N) is 1. The van der Waals surface area contributed by atoms with E-state index in [0.717, 1.165) is 22.7 Å². The summed E-state index contributed by atoms with van der Waals surface area (Å²) in [6.07, 6.45) is 2.47. The fourth-order valence-electron chi connectivity index (χ4n) is 5.22. The molecular formula is C30H23Cl2N3O3. The number of amides is 2. The van der Waals surface area contributed by atoms with E-state index in [1.165, 1.54) is 0 Å². The molecule has 2 amide bonds. The van der Waals surface area contributed by atoms with Crippen LogP contribution in [0.15, 0.2) is 107 Å². The summed E-state index contributed by atoms with van der Waals surface area (Å²) in [5.41, 5.74) is 4.07. The van der Waals surface area contributed by atoms with E-state index in [0.29, 0.717) is 33.4 Å². The number of hydrogen-bond acceptors (Lipinski definition) is 4. The number of anilines is 3. The van der Waals surface area contributed by atoms with Crippen LogP contribution in [0, 0.1) is 0 Å². The summed E-state index contributed by atoms with van der Waals surface area (Å²) in [4.78, 5) is 29.6. The maximum Gasteiger partial charge on any atom is 0.327 e. The standard InChI is InChI=1S/C30H23Cl2N3O3/c31-20-9-7-18(8-10-20)29-28-24(16-19(17-26(28)36)27-6-3-15-38-27)34-23-4-1-2-5-25(23)35(29)30(37)33-22-13-11-21(32)12-14-22/h1-15,19,29,34H,16-17H2,(H,33,37)/t19-,29-/m0/s1. The second kappa shape index (κ2) is 10.0. The van der Waals surface area contributed by atoms with Crippen LogP contribution in [0.4, 0.5) is 21.9 Å². The highest BCUT2D eigenvalue weighted by Crippen LogP contribution is 2.47. The molecule has 0 bridgehead atoms. The highest BCUT2D eigenvalue weighted by molar-refractivity contribution is 6.31. The van der Waals surface area contributed by atoms with Crippen molar-refractivity contribution in [2.75, 3.05) is 15.5 Å². The summed E-state index contributed by atoms with van der Waals surface area (Å²) in [6, 6.07) is 24.4. The maximum absolute atomic E-state index is 14.0. The molecule has 0 saturated heterocycles. The summed E-state index contributed by atoms with van der Waals surface area (Å²) in [5, 5.41) is 7.63. The first-order valence-corrected chi connectivity index (χ1v) is 13.0. The predicted molar refractivity (Wildman–Crippen MR) is 150 cm³/mol. The largest absolute Gasteiger partial charge is 0.469 e. The first-order valence-electron chi connectivity index (χ1n) is 12.2. The number of furan rings is 1. The van der Waals surface area contributed by atoms with Crippen LogP contribution in [-0.2, 0) is 4.79 Å². The molecule has 3 aromatic carbocycles. The van der Waals surface area contributed by atoms with Gasteiger partial charge in [0.05, 0.1) is 23.7 Å². The first-order chi connectivity index (χ1) is 18.5. The van der Waals surface area contributed by atoms with Crippen molar-refractivity contribution in [2.24, 2.45) is 0 Å². The molecule has 0 fully saturated rings. The van der Waals surface area contributed by atoms with Gasteiger partial charge in [0.2, 0.25) is 0 Å². The molecule has 8 heteroatoms. The monoisotopic (exact) mass is 543 g/mol. The molecule has 1 aliphatic heterocycles. The van der Waals surface area contributed by atoms with Crippen LogP contribution in [0.25, 0.3) is 0 Å². The Labute approximate surface area is 229 Å². The number of halogens is 2. The summed E-state index contributed by atoms with van der Waals surface area (Å²) < 4.78 is 5.66. The second-order valence-electron chi connectivity index (χ2n) is 9.34. The van der Waals surface area contributed by atoms with E-state index < -0.39 is 6.04 Å². The van der Waals surface area contributed by atoms with Crippen LogP contribution < -0.4 is 15.5 Å². The lowest BCUT2D eigenvalue weighted by Gasteiger charge is -2.34. The maximum atomic E-state index is 14.0. The van der Waals surface area contributed by atoms with Gasteiger partial charge in [-0.1, -0.05) is 47.5 Å². The molecule has 0 unspecified atom stereocenters. The van der Waals surface area contributed by atoms with Crippen LogP contribution in [0.1, 0.15) is 36.1 Å². The van der Waals surface area contributed by atoms with E-state index in [9.17, 15) is 9.59 Å². The minimum Gasteiger partial charge on any atom is -0.469 e. The Morgan fingerprint density at radius 1 is 0.895 bits per heavy atom. The number of rotatable bonds is 3. The van der Waals surface area contributed by atoms with Gasteiger partial charge in [-0.3, -0.25) is 9.69 Å². The first kappa shape index (κ1) is 24.3. The van der Waals surface area contributed by atoms with Gasteiger partial charge < -0.3 is 15.1 Å². The van der Waals surface area contributed by atoms with Crippen LogP contribution >= 0.6 is 23.2 Å². The molecule has 2 heterocycles. The van der Waals surface area contributed by atoms with E-state index in [4.69, 9.17) is 27.6 Å². The predicted octanol–water partition coefficient (Wildman–Crippen LogP) is 8.19. The molecule has 2 aliphatic rings. The third-order valence-corrected chi connectivity index (χ3v) is 7.44. The Kier molecular flexibility index (Phi) is 6.44. The van der Waals surface area contributed by atoms with E-state index in [2.05, 4.69) is 10.6 Å². The van der Waals surface area contributed by atoms with Crippen LogP contribution in [0.5, 0.6) is 0 Å². The number of ketones is 1. The van der Waals surface area contributed by atoms with Gasteiger partial charge in [-0.15, -0.1) is 0 Å². The van der Waals surface area contributed by atoms with Crippen molar-refractivity contribution in [3.8, 4) is 0 Å². The third-order valence-electron chi connectivity index (χ3n) is 6.93. The molecule has 0 saturated carbocycles. The van der Waals surface area contributed by atoms with Crippen LogP contribution in [0.3, 0.4) is 0 Å². The molecule has 0 spiro atoms. The van der Waals surface area contributed by atoms with Crippen LogP contribution in [-0.4, -0.2) is 11.8 Å². The van der Waals surface area contributed by atoms with Gasteiger partial charge in [-0.05, 0) is 72.6 Å². The molecule has 4 aromatic rings. The van der Waals surface area contributed by atoms with E-state index in [1.807, 2.05) is 48.5 Å².